The lowest BCUT2D eigenvalue weighted by molar-refractivity contribution is 0.0353. The van der Waals surface area contributed by atoms with Gasteiger partial charge in [-0.3, -0.25) is 4.99 Å². The molecule has 2 heterocycles. The quantitative estimate of drug-likeness (QED) is 0.503. The molecule has 5 nitrogen and oxygen atoms in total. The molecule has 7 heteroatoms. The fourth-order valence-electron chi connectivity index (χ4n) is 3.80. The molecule has 0 spiro atoms. The van der Waals surface area contributed by atoms with Crippen LogP contribution in [0.3, 0.4) is 0 Å². The van der Waals surface area contributed by atoms with Crippen molar-refractivity contribution < 1.29 is 4.74 Å². The lowest BCUT2D eigenvalue weighted by atomic mass is 9.88. The molecule has 0 amide bonds. The Labute approximate surface area is 183 Å². The van der Waals surface area contributed by atoms with Gasteiger partial charge in [-0.15, -0.1) is 11.3 Å². The van der Waals surface area contributed by atoms with Crippen LogP contribution in [-0.2, 0) is 11.3 Å². The largest absolute Gasteiger partial charge is 0.381 e. The van der Waals surface area contributed by atoms with Gasteiger partial charge in [0.15, 0.2) is 5.96 Å². The molecule has 2 N–H and O–H groups in total. The Morgan fingerprint density at radius 2 is 1.97 bits per heavy atom. The first-order valence-corrected chi connectivity index (χ1v) is 11.3. The maximum absolute atomic E-state index is 6.07. The number of rotatable bonds is 7. The third kappa shape index (κ3) is 6.19. The average Bonchev–Trinajstić information content (AvgIpc) is 3.14. The van der Waals surface area contributed by atoms with Crippen molar-refractivity contribution in [2.24, 2.45) is 4.99 Å². The summed E-state index contributed by atoms with van der Waals surface area (Å²) in [4.78, 5) is 7.84. The third-order valence-corrected chi connectivity index (χ3v) is 6.67. The van der Waals surface area contributed by atoms with Gasteiger partial charge in [0.2, 0.25) is 0 Å². The fraction of sp³-hybridized carbons (Fsp3) is 0.500. The Balaban J connectivity index is 1.64. The van der Waals surface area contributed by atoms with Crippen LogP contribution in [0.5, 0.6) is 0 Å². The van der Waals surface area contributed by atoms with Crippen molar-refractivity contribution in [1.82, 2.24) is 15.5 Å². The number of hydrogen-bond acceptors (Lipinski definition) is 4. The number of hydrogen-bond donors (Lipinski definition) is 2. The van der Waals surface area contributed by atoms with Gasteiger partial charge >= 0.3 is 0 Å². The van der Waals surface area contributed by atoms with E-state index in [-0.39, 0.29) is 11.6 Å². The number of halogens is 1. The highest BCUT2D eigenvalue weighted by Crippen LogP contribution is 2.25. The molecule has 1 aromatic heterocycles. The van der Waals surface area contributed by atoms with E-state index in [0.29, 0.717) is 0 Å². The molecule has 1 aliphatic rings. The summed E-state index contributed by atoms with van der Waals surface area (Å²) >= 11 is 7.68. The van der Waals surface area contributed by atoms with Crippen LogP contribution in [0.4, 0.5) is 0 Å². The highest BCUT2D eigenvalue weighted by molar-refractivity contribution is 7.16. The smallest absolute Gasteiger partial charge is 0.193 e. The van der Waals surface area contributed by atoms with E-state index in [1.165, 1.54) is 10.4 Å². The highest BCUT2D eigenvalue weighted by atomic mass is 35.5. The second-order valence-electron chi connectivity index (χ2n) is 7.63. The first kappa shape index (κ1) is 22.1. The van der Waals surface area contributed by atoms with Gasteiger partial charge in [0.25, 0.3) is 0 Å². The fourth-order valence-corrected chi connectivity index (χ4v) is 4.94. The van der Waals surface area contributed by atoms with Gasteiger partial charge in [-0.05, 0) is 37.5 Å². The molecule has 1 fully saturated rings. The van der Waals surface area contributed by atoms with Gasteiger partial charge < -0.3 is 20.3 Å². The number of benzene rings is 1. The van der Waals surface area contributed by atoms with Crippen molar-refractivity contribution in [3.63, 3.8) is 0 Å². The van der Waals surface area contributed by atoms with Crippen molar-refractivity contribution in [2.45, 2.75) is 37.9 Å². The van der Waals surface area contributed by atoms with Crippen LogP contribution in [0.2, 0.25) is 4.34 Å². The van der Waals surface area contributed by atoms with Gasteiger partial charge in [0.05, 0.1) is 10.9 Å². The Bertz CT molecular complexity index is 789. The monoisotopic (exact) mass is 434 g/mol. The molecule has 0 bridgehead atoms. The van der Waals surface area contributed by atoms with E-state index in [2.05, 4.69) is 70.9 Å². The van der Waals surface area contributed by atoms with E-state index in [1.54, 1.807) is 11.3 Å². The second-order valence-corrected chi connectivity index (χ2v) is 9.43. The van der Waals surface area contributed by atoms with E-state index in [1.807, 2.05) is 13.1 Å². The zero-order chi connectivity index (χ0) is 20.7. The number of nitrogens with zero attached hydrogens (tertiary/aromatic N) is 2. The lowest BCUT2D eigenvalue weighted by Gasteiger charge is -2.41. The predicted molar refractivity (Wildman–Crippen MR) is 123 cm³/mol. The normalized spacial score (nSPS) is 17.7. The maximum Gasteiger partial charge on any atom is 0.193 e. The molecule has 1 unspecified atom stereocenters. The van der Waals surface area contributed by atoms with Gasteiger partial charge in [0.1, 0.15) is 0 Å². The first-order valence-electron chi connectivity index (χ1n) is 10.1. The van der Waals surface area contributed by atoms with Crippen LogP contribution in [0.25, 0.3) is 0 Å². The highest BCUT2D eigenvalue weighted by Gasteiger charge is 2.34. The van der Waals surface area contributed by atoms with E-state index in [4.69, 9.17) is 16.3 Å². The number of nitrogens with one attached hydrogen (secondary N) is 2. The number of guanidine groups is 1. The minimum Gasteiger partial charge on any atom is -0.381 e. The van der Waals surface area contributed by atoms with Crippen LogP contribution < -0.4 is 10.6 Å². The molecular weight excluding hydrogens is 404 g/mol. The minimum atomic E-state index is -0.0312. The minimum absolute atomic E-state index is 0.0312. The average molecular weight is 435 g/mol. The molecule has 0 aliphatic carbocycles. The van der Waals surface area contributed by atoms with E-state index in [0.717, 1.165) is 49.4 Å². The molecule has 0 saturated carbocycles. The Hall–Kier alpha value is -1.60. The molecule has 29 heavy (non-hydrogen) atoms. The summed E-state index contributed by atoms with van der Waals surface area (Å²) < 4.78 is 6.47. The van der Waals surface area contributed by atoms with Crippen LogP contribution in [0.15, 0.2) is 47.5 Å². The van der Waals surface area contributed by atoms with E-state index < -0.39 is 0 Å². The van der Waals surface area contributed by atoms with Gasteiger partial charge in [0, 0.05) is 50.3 Å². The third-order valence-electron chi connectivity index (χ3n) is 5.45. The summed E-state index contributed by atoms with van der Waals surface area (Å²) in [6, 6.07) is 14.9. The number of aliphatic imine (C=N–C) groups is 1. The van der Waals surface area contributed by atoms with Crippen LogP contribution in [0.1, 0.15) is 36.2 Å². The maximum atomic E-state index is 6.07. The van der Waals surface area contributed by atoms with Gasteiger partial charge in [-0.25, -0.2) is 0 Å². The molecule has 1 aromatic carbocycles. The molecular formula is C22H31ClN4OS. The second kappa shape index (κ2) is 10.4. The topological polar surface area (TPSA) is 48.9 Å². The summed E-state index contributed by atoms with van der Waals surface area (Å²) in [6.07, 6.45) is 1.94. The zero-order valence-corrected chi connectivity index (χ0v) is 19.0. The Kier molecular flexibility index (Phi) is 7.95. The summed E-state index contributed by atoms with van der Waals surface area (Å²) in [7, 11) is 3.89. The molecule has 3 rings (SSSR count). The van der Waals surface area contributed by atoms with Crippen LogP contribution >= 0.6 is 22.9 Å². The standard InChI is InChI=1S/C22H31ClN4OS/c1-17(18-7-5-4-6-8-18)26-22(11-13-28-14-12-22)16-25-21(24-2)27(3)15-19-9-10-20(23)29-19/h4-10,17,26H,11-16H2,1-3H3,(H,24,25). The number of ether oxygens (including phenoxy) is 1. The van der Waals surface area contributed by atoms with Crippen molar-refractivity contribution in [3.8, 4) is 0 Å². The Morgan fingerprint density at radius 3 is 2.59 bits per heavy atom. The Morgan fingerprint density at radius 1 is 1.24 bits per heavy atom. The molecule has 1 atom stereocenters. The van der Waals surface area contributed by atoms with E-state index >= 15 is 0 Å². The molecule has 1 aliphatic heterocycles. The SMILES string of the molecule is CN=C(NCC1(NC(C)c2ccccc2)CCOCC1)N(C)Cc1ccc(Cl)s1. The van der Waals surface area contributed by atoms with Crippen molar-refractivity contribution in [3.05, 3.63) is 57.2 Å². The molecule has 158 valence electrons. The van der Waals surface area contributed by atoms with Gasteiger partial charge in [-0.1, -0.05) is 41.9 Å². The predicted octanol–water partition coefficient (Wildman–Crippen LogP) is 4.31. The zero-order valence-electron chi connectivity index (χ0n) is 17.5. The first-order chi connectivity index (χ1) is 14.0. The number of thiophene rings is 1. The van der Waals surface area contributed by atoms with Crippen molar-refractivity contribution in [1.29, 1.82) is 0 Å². The molecule has 2 aromatic rings. The molecule has 0 radical (unpaired) electrons. The summed E-state index contributed by atoms with van der Waals surface area (Å²) in [5.41, 5.74) is 1.27. The van der Waals surface area contributed by atoms with E-state index in [9.17, 15) is 0 Å². The van der Waals surface area contributed by atoms with Gasteiger partial charge in [-0.2, -0.15) is 0 Å². The molecule has 1 saturated heterocycles. The van der Waals surface area contributed by atoms with Crippen molar-refractivity contribution >= 4 is 28.9 Å². The van der Waals surface area contributed by atoms with Crippen LogP contribution in [0, 0.1) is 0 Å². The van der Waals surface area contributed by atoms with Crippen molar-refractivity contribution in [2.75, 3.05) is 33.9 Å². The summed E-state index contributed by atoms with van der Waals surface area (Å²) in [5, 5.41) is 7.48. The lowest BCUT2D eigenvalue weighted by Crippen LogP contribution is -2.58. The summed E-state index contributed by atoms with van der Waals surface area (Å²) in [6.45, 7) is 5.36. The summed E-state index contributed by atoms with van der Waals surface area (Å²) in [5.74, 6) is 0.884. The van der Waals surface area contributed by atoms with Crippen LogP contribution in [-0.4, -0.2) is 50.3 Å².